The molecule has 4 heteroatoms. The van der Waals surface area contributed by atoms with Crippen LogP contribution in [0.3, 0.4) is 0 Å². The monoisotopic (exact) mass is 225 g/mol. The quantitative estimate of drug-likeness (QED) is 0.860. The minimum atomic E-state index is -0.885. The highest BCUT2D eigenvalue weighted by molar-refractivity contribution is 5.68. The van der Waals surface area contributed by atoms with Crippen molar-refractivity contribution in [2.24, 2.45) is 5.41 Å². The van der Waals surface area contributed by atoms with E-state index in [1.54, 1.807) is 0 Å². The van der Waals surface area contributed by atoms with Crippen LogP contribution in [-0.4, -0.2) is 16.1 Å². The zero-order chi connectivity index (χ0) is 12.3. The molecule has 0 aromatic carbocycles. The number of rotatable bonds is 3. The zero-order valence-corrected chi connectivity index (χ0v) is 9.70. The van der Waals surface area contributed by atoms with Crippen molar-refractivity contribution in [1.29, 1.82) is 0 Å². The van der Waals surface area contributed by atoms with Gasteiger partial charge in [-0.25, -0.2) is 4.39 Å². The molecule has 1 heterocycles. The van der Waals surface area contributed by atoms with Crippen molar-refractivity contribution in [3.63, 3.8) is 0 Å². The van der Waals surface area contributed by atoms with Gasteiger partial charge >= 0.3 is 5.97 Å². The predicted octanol–water partition coefficient (Wildman–Crippen LogP) is 2.83. The molecule has 16 heavy (non-hydrogen) atoms. The van der Waals surface area contributed by atoms with Crippen LogP contribution in [0.4, 0.5) is 4.39 Å². The number of carboxylic acids is 1. The van der Waals surface area contributed by atoms with Gasteiger partial charge in [0.25, 0.3) is 0 Å². The topological polar surface area (TPSA) is 50.2 Å². The first-order chi connectivity index (χ1) is 7.30. The molecule has 88 valence electrons. The van der Waals surface area contributed by atoms with E-state index in [2.05, 4.69) is 4.98 Å². The third kappa shape index (κ3) is 3.29. The number of pyridine rings is 1. The second kappa shape index (κ2) is 4.60. The highest BCUT2D eigenvalue weighted by Crippen LogP contribution is 2.37. The smallest absolute Gasteiger partial charge is 0.303 e. The van der Waals surface area contributed by atoms with Gasteiger partial charge in [-0.1, -0.05) is 20.8 Å². The van der Waals surface area contributed by atoms with E-state index in [-0.39, 0.29) is 17.8 Å². The molecule has 0 spiro atoms. The summed E-state index contributed by atoms with van der Waals surface area (Å²) in [6, 6.07) is 1.35. The van der Waals surface area contributed by atoms with E-state index in [0.717, 1.165) is 6.20 Å². The summed E-state index contributed by atoms with van der Waals surface area (Å²) in [6.45, 7) is 5.81. The number of carboxylic acid groups (broad SMARTS) is 1. The molecule has 0 radical (unpaired) electrons. The maximum atomic E-state index is 13.0. The van der Waals surface area contributed by atoms with Crippen LogP contribution in [0.25, 0.3) is 0 Å². The van der Waals surface area contributed by atoms with E-state index >= 15 is 0 Å². The Hall–Kier alpha value is -1.45. The fourth-order valence-corrected chi connectivity index (χ4v) is 1.72. The molecule has 1 atom stereocenters. The minimum absolute atomic E-state index is 0.0192. The van der Waals surface area contributed by atoms with Crippen LogP contribution in [0, 0.1) is 11.2 Å². The highest BCUT2D eigenvalue weighted by Gasteiger charge is 2.28. The number of aliphatic carboxylic acids is 1. The number of aromatic nitrogens is 1. The Morgan fingerprint density at radius 3 is 2.56 bits per heavy atom. The Labute approximate surface area is 94.3 Å². The second-order valence-corrected chi connectivity index (χ2v) is 4.95. The Morgan fingerprint density at radius 2 is 2.12 bits per heavy atom. The van der Waals surface area contributed by atoms with Gasteiger partial charge in [0.15, 0.2) is 0 Å². The SMILES string of the molecule is CC(C)(C)[C@@H](CC(=O)O)c1cncc(F)c1. The maximum absolute atomic E-state index is 13.0. The molecular formula is C12H16FNO2. The average molecular weight is 225 g/mol. The van der Waals surface area contributed by atoms with E-state index in [1.807, 2.05) is 20.8 Å². The van der Waals surface area contributed by atoms with Gasteiger partial charge in [0, 0.05) is 12.1 Å². The van der Waals surface area contributed by atoms with Gasteiger partial charge in [-0.15, -0.1) is 0 Å². The van der Waals surface area contributed by atoms with Crippen molar-refractivity contribution in [3.8, 4) is 0 Å². The van der Waals surface area contributed by atoms with E-state index in [9.17, 15) is 9.18 Å². The molecule has 1 aromatic rings. The predicted molar refractivity (Wildman–Crippen MR) is 58.6 cm³/mol. The third-order valence-electron chi connectivity index (χ3n) is 2.55. The van der Waals surface area contributed by atoms with Gasteiger partial charge in [0.05, 0.1) is 12.6 Å². The molecule has 0 aliphatic heterocycles. The Kier molecular flexibility index (Phi) is 3.62. The van der Waals surface area contributed by atoms with Crippen LogP contribution in [0.1, 0.15) is 38.7 Å². The molecule has 0 amide bonds. The first kappa shape index (κ1) is 12.6. The van der Waals surface area contributed by atoms with Crippen molar-refractivity contribution >= 4 is 5.97 Å². The van der Waals surface area contributed by atoms with Crippen LogP contribution in [-0.2, 0) is 4.79 Å². The Balaban J connectivity index is 3.06. The molecule has 0 aliphatic carbocycles. The summed E-state index contributed by atoms with van der Waals surface area (Å²) in [5, 5.41) is 8.86. The standard InChI is InChI=1S/C12H16FNO2/c1-12(2,3)10(5-11(15)16)8-4-9(13)7-14-6-8/h4,6-7,10H,5H2,1-3H3,(H,15,16)/t10-/m0/s1. The lowest BCUT2D eigenvalue weighted by atomic mass is 9.75. The summed E-state index contributed by atoms with van der Waals surface area (Å²) in [5.74, 6) is -1.56. The molecular weight excluding hydrogens is 209 g/mol. The summed E-state index contributed by atoms with van der Waals surface area (Å²) in [7, 11) is 0. The number of carbonyl (C=O) groups is 1. The fourth-order valence-electron chi connectivity index (χ4n) is 1.72. The minimum Gasteiger partial charge on any atom is -0.481 e. The summed E-state index contributed by atoms with van der Waals surface area (Å²) in [4.78, 5) is 14.6. The van der Waals surface area contributed by atoms with Gasteiger partial charge in [0.1, 0.15) is 5.82 Å². The van der Waals surface area contributed by atoms with Crippen LogP contribution >= 0.6 is 0 Å². The summed E-state index contributed by atoms with van der Waals surface area (Å²) in [6.07, 6.45) is 2.63. The van der Waals surface area contributed by atoms with Crippen LogP contribution < -0.4 is 0 Å². The summed E-state index contributed by atoms with van der Waals surface area (Å²) in [5.41, 5.74) is 0.392. The lowest BCUT2D eigenvalue weighted by molar-refractivity contribution is -0.138. The molecule has 1 N–H and O–H groups in total. The van der Waals surface area contributed by atoms with E-state index in [0.29, 0.717) is 5.56 Å². The third-order valence-corrected chi connectivity index (χ3v) is 2.55. The number of nitrogens with zero attached hydrogens (tertiary/aromatic N) is 1. The fraction of sp³-hybridized carbons (Fsp3) is 0.500. The lowest BCUT2D eigenvalue weighted by Crippen LogP contribution is -2.21. The van der Waals surface area contributed by atoms with Crippen molar-refractivity contribution in [2.45, 2.75) is 33.1 Å². The molecule has 3 nitrogen and oxygen atoms in total. The zero-order valence-electron chi connectivity index (χ0n) is 9.70. The maximum Gasteiger partial charge on any atom is 0.303 e. The first-order valence-corrected chi connectivity index (χ1v) is 5.13. The Morgan fingerprint density at radius 1 is 1.50 bits per heavy atom. The molecule has 0 unspecified atom stereocenters. The molecule has 0 saturated carbocycles. The van der Waals surface area contributed by atoms with E-state index in [1.165, 1.54) is 12.3 Å². The molecule has 0 fully saturated rings. The average Bonchev–Trinajstić information content (AvgIpc) is 2.12. The summed E-state index contributed by atoms with van der Waals surface area (Å²) >= 11 is 0. The number of halogens is 1. The van der Waals surface area contributed by atoms with Crippen LogP contribution in [0.5, 0.6) is 0 Å². The van der Waals surface area contributed by atoms with Crippen molar-refractivity contribution in [2.75, 3.05) is 0 Å². The normalized spacial score (nSPS) is 13.5. The first-order valence-electron chi connectivity index (χ1n) is 5.13. The van der Waals surface area contributed by atoms with Crippen molar-refractivity contribution < 1.29 is 14.3 Å². The van der Waals surface area contributed by atoms with Crippen LogP contribution in [0.15, 0.2) is 18.5 Å². The highest BCUT2D eigenvalue weighted by atomic mass is 19.1. The lowest BCUT2D eigenvalue weighted by Gasteiger charge is -2.29. The molecule has 0 bridgehead atoms. The molecule has 1 rings (SSSR count). The number of hydrogen-bond acceptors (Lipinski definition) is 2. The van der Waals surface area contributed by atoms with E-state index < -0.39 is 11.8 Å². The van der Waals surface area contributed by atoms with Gasteiger partial charge in [-0.3, -0.25) is 9.78 Å². The van der Waals surface area contributed by atoms with Gasteiger partial charge in [0.2, 0.25) is 0 Å². The largest absolute Gasteiger partial charge is 0.481 e. The molecule has 1 aromatic heterocycles. The molecule has 0 aliphatic rings. The van der Waals surface area contributed by atoms with Crippen molar-refractivity contribution in [1.82, 2.24) is 4.98 Å². The van der Waals surface area contributed by atoms with E-state index in [4.69, 9.17) is 5.11 Å². The Bertz CT molecular complexity index is 385. The second-order valence-electron chi connectivity index (χ2n) is 4.95. The van der Waals surface area contributed by atoms with Gasteiger partial charge < -0.3 is 5.11 Å². The summed E-state index contributed by atoms with van der Waals surface area (Å²) < 4.78 is 13.0. The van der Waals surface area contributed by atoms with Crippen LogP contribution in [0.2, 0.25) is 0 Å². The number of hydrogen-bond donors (Lipinski definition) is 1. The van der Waals surface area contributed by atoms with Crippen molar-refractivity contribution in [3.05, 3.63) is 29.8 Å². The van der Waals surface area contributed by atoms with Gasteiger partial charge in [-0.2, -0.15) is 0 Å². The van der Waals surface area contributed by atoms with Gasteiger partial charge in [-0.05, 0) is 17.0 Å². The molecule has 0 saturated heterocycles.